The number of aromatic nitrogens is 2. The van der Waals surface area contributed by atoms with E-state index < -0.39 is 6.10 Å². The monoisotopic (exact) mass is 322 g/mol. The number of aliphatic hydroxyl groups excluding tert-OH is 1. The molecule has 1 N–H and O–H groups in total. The summed E-state index contributed by atoms with van der Waals surface area (Å²) in [5.41, 5.74) is 0.869. The second-order valence-corrected chi connectivity index (χ2v) is 7.78. The van der Waals surface area contributed by atoms with Crippen LogP contribution in [0.2, 0.25) is 0 Å². The Balaban J connectivity index is 1.67. The first-order chi connectivity index (χ1) is 10.2. The van der Waals surface area contributed by atoms with E-state index in [1.54, 1.807) is 0 Å². The van der Waals surface area contributed by atoms with Gasteiger partial charge in [-0.15, -0.1) is 11.8 Å². The topological polar surface area (TPSA) is 59.2 Å². The molecule has 21 heavy (non-hydrogen) atoms. The molecular weight excluding hydrogens is 304 g/mol. The van der Waals surface area contributed by atoms with Gasteiger partial charge in [0.15, 0.2) is 5.82 Å². The van der Waals surface area contributed by atoms with Gasteiger partial charge in [0, 0.05) is 16.8 Å². The number of hydrogen-bond donors (Lipinski definition) is 1. The molecule has 3 rings (SSSR count). The summed E-state index contributed by atoms with van der Waals surface area (Å²) >= 11 is 3.83. The second kappa shape index (κ2) is 6.85. The van der Waals surface area contributed by atoms with Crippen LogP contribution in [-0.4, -0.2) is 32.0 Å². The lowest BCUT2D eigenvalue weighted by molar-refractivity contribution is 0.164. The maximum atomic E-state index is 10.2. The average molecular weight is 322 g/mol. The molecule has 0 spiro atoms. The minimum atomic E-state index is -0.606. The van der Waals surface area contributed by atoms with E-state index in [9.17, 15) is 5.11 Å². The first kappa shape index (κ1) is 14.9. The molecule has 0 bridgehead atoms. The Morgan fingerprint density at radius 1 is 1.29 bits per heavy atom. The largest absolute Gasteiger partial charge is 0.388 e. The normalized spacial score (nSPS) is 23.9. The second-order valence-electron chi connectivity index (χ2n) is 5.04. The van der Waals surface area contributed by atoms with E-state index >= 15 is 0 Å². The van der Waals surface area contributed by atoms with Gasteiger partial charge in [-0.25, -0.2) is 0 Å². The fourth-order valence-electron chi connectivity index (χ4n) is 2.34. The standard InChI is InChI=1S/C15H18N2O2S2/c1-10-14(21-8-7-20-10)15-16-13(19-17-15)9-12(18)11-5-3-2-4-6-11/h2-6,10,12,14,18H,7-9H2,1H3. The van der Waals surface area contributed by atoms with Gasteiger partial charge in [-0.05, 0) is 5.56 Å². The summed E-state index contributed by atoms with van der Waals surface area (Å²) in [7, 11) is 0. The number of aliphatic hydroxyl groups is 1. The maximum absolute atomic E-state index is 10.2. The summed E-state index contributed by atoms with van der Waals surface area (Å²) in [5.74, 6) is 3.57. The molecule has 1 aliphatic heterocycles. The fourth-order valence-corrected chi connectivity index (χ4v) is 5.02. The molecule has 0 radical (unpaired) electrons. The number of thioether (sulfide) groups is 2. The first-order valence-electron chi connectivity index (χ1n) is 7.02. The van der Waals surface area contributed by atoms with Crippen LogP contribution in [0.15, 0.2) is 34.9 Å². The molecule has 4 nitrogen and oxygen atoms in total. The quantitative estimate of drug-likeness (QED) is 0.932. The Labute approximate surface area is 132 Å². The van der Waals surface area contributed by atoms with Gasteiger partial charge in [0.2, 0.25) is 5.89 Å². The molecule has 2 aromatic rings. The van der Waals surface area contributed by atoms with Crippen molar-refractivity contribution in [2.45, 2.75) is 29.9 Å². The van der Waals surface area contributed by atoms with Crippen LogP contribution in [-0.2, 0) is 6.42 Å². The molecule has 1 aromatic heterocycles. The van der Waals surface area contributed by atoms with Gasteiger partial charge < -0.3 is 9.63 Å². The van der Waals surface area contributed by atoms with Gasteiger partial charge in [-0.3, -0.25) is 0 Å². The Bertz CT molecular complexity index is 576. The summed E-state index contributed by atoms with van der Waals surface area (Å²) in [5, 5.41) is 15.1. The van der Waals surface area contributed by atoms with Crippen molar-refractivity contribution < 1.29 is 9.63 Å². The van der Waals surface area contributed by atoms with Crippen LogP contribution in [0.5, 0.6) is 0 Å². The molecular formula is C15H18N2O2S2. The summed E-state index contributed by atoms with van der Waals surface area (Å²) in [6.45, 7) is 2.20. The van der Waals surface area contributed by atoms with Crippen molar-refractivity contribution in [2.24, 2.45) is 0 Å². The van der Waals surface area contributed by atoms with Gasteiger partial charge in [-0.1, -0.05) is 42.4 Å². The van der Waals surface area contributed by atoms with Gasteiger partial charge in [0.05, 0.1) is 17.8 Å². The van der Waals surface area contributed by atoms with Crippen LogP contribution in [0.25, 0.3) is 0 Å². The number of benzene rings is 1. The third-order valence-corrected chi connectivity index (χ3v) is 6.56. The highest BCUT2D eigenvalue weighted by Crippen LogP contribution is 2.41. The number of nitrogens with zero attached hydrogens (tertiary/aromatic N) is 2. The van der Waals surface area contributed by atoms with Gasteiger partial charge >= 0.3 is 0 Å². The van der Waals surface area contributed by atoms with E-state index in [0.717, 1.165) is 17.1 Å². The van der Waals surface area contributed by atoms with Crippen molar-refractivity contribution in [3.8, 4) is 0 Å². The highest BCUT2D eigenvalue weighted by Gasteiger charge is 2.28. The van der Waals surface area contributed by atoms with Gasteiger partial charge in [0.25, 0.3) is 0 Å². The van der Waals surface area contributed by atoms with Crippen LogP contribution < -0.4 is 0 Å². The highest BCUT2D eigenvalue weighted by molar-refractivity contribution is 8.06. The highest BCUT2D eigenvalue weighted by atomic mass is 32.2. The Morgan fingerprint density at radius 3 is 2.81 bits per heavy atom. The van der Waals surface area contributed by atoms with Crippen LogP contribution in [0.4, 0.5) is 0 Å². The first-order valence-corrected chi connectivity index (χ1v) is 9.12. The minimum absolute atomic E-state index is 0.287. The SMILES string of the molecule is CC1SCCSC1c1noc(CC(O)c2ccccc2)n1. The number of rotatable bonds is 4. The zero-order valence-electron chi connectivity index (χ0n) is 11.8. The molecule has 6 heteroatoms. The fraction of sp³-hybridized carbons (Fsp3) is 0.467. The summed E-state index contributed by atoms with van der Waals surface area (Å²) in [4.78, 5) is 4.48. The Morgan fingerprint density at radius 2 is 2.05 bits per heavy atom. The van der Waals surface area contributed by atoms with Crippen LogP contribution in [0.1, 0.15) is 35.6 Å². The zero-order chi connectivity index (χ0) is 14.7. The minimum Gasteiger partial charge on any atom is -0.388 e. The Kier molecular flexibility index (Phi) is 4.87. The lowest BCUT2D eigenvalue weighted by Crippen LogP contribution is -2.17. The summed E-state index contributed by atoms with van der Waals surface area (Å²) in [6.07, 6.45) is -0.249. The Hall–Kier alpha value is -0.980. The number of hydrogen-bond acceptors (Lipinski definition) is 6. The van der Waals surface area contributed by atoms with E-state index in [-0.39, 0.29) is 5.25 Å². The lowest BCUT2D eigenvalue weighted by atomic mass is 10.1. The van der Waals surface area contributed by atoms with Crippen molar-refractivity contribution in [1.82, 2.24) is 10.1 Å². The van der Waals surface area contributed by atoms with E-state index in [4.69, 9.17) is 4.52 Å². The predicted octanol–water partition coefficient (Wildman–Crippen LogP) is 3.26. The molecule has 112 valence electrons. The van der Waals surface area contributed by atoms with Crippen LogP contribution in [0, 0.1) is 0 Å². The van der Waals surface area contributed by atoms with E-state index in [1.165, 1.54) is 5.75 Å². The van der Waals surface area contributed by atoms with Crippen molar-refractivity contribution in [1.29, 1.82) is 0 Å². The average Bonchev–Trinajstić information content (AvgIpc) is 2.97. The van der Waals surface area contributed by atoms with E-state index in [2.05, 4.69) is 17.1 Å². The molecule has 0 aliphatic carbocycles. The third kappa shape index (κ3) is 3.62. The third-order valence-electron chi connectivity index (χ3n) is 3.48. The van der Waals surface area contributed by atoms with Crippen LogP contribution >= 0.6 is 23.5 Å². The summed E-state index contributed by atoms with van der Waals surface area (Å²) < 4.78 is 5.31. The molecule has 3 unspecified atom stereocenters. The molecule has 1 aliphatic rings. The predicted molar refractivity (Wildman–Crippen MR) is 86.5 cm³/mol. The van der Waals surface area contributed by atoms with Crippen molar-refractivity contribution in [2.75, 3.05) is 11.5 Å². The molecule has 3 atom stereocenters. The van der Waals surface area contributed by atoms with E-state index in [0.29, 0.717) is 17.6 Å². The maximum Gasteiger partial charge on any atom is 0.229 e. The zero-order valence-corrected chi connectivity index (χ0v) is 13.4. The van der Waals surface area contributed by atoms with E-state index in [1.807, 2.05) is 53.9 Å². The van der Waals surface area contributed by atoms with Crippen LogP contribution in [0.3, 0.4) is 0 Å². The molecule has 1 aromatic carbocycles. The summed E-state index contributed by atoms with van der Waals surface area (Å²) in [6, 6.07) is 9.56. The van der Waals surface area contributed by atoms with Crippen molar-refractivity contribution in [3.05, 3.63) is 47.6 Å². The molecule has 0 saturated carbocycles. The smallest absolute Gasteiger partial charge is 0.229 e. The van der Waals surface area contributed by atoms with Gasteiger partial charge in [0.1, 0.15) is 0 Å². The van der Waals surface area contributed by atoms with Crippen molar-refractivity contribution in [3.63, 3.8) is 0 Å². The molecule has 1 fully saturated rings. The van der Waals surface area contributed by atoms with Gasteiger partial charge in [-0.2, -0.15) is 16.7 Å². The molecule has 2 heterocycles. The van der Waals surface area contributed by atoms with Crippen molar-refractivity contribution >= 4 is 23.5 Å². The molecule has 1 saturated heterocycles. The molecule has 0 amide bonds. The lowest BCUT2D eigenvalue weighted by Gasteiger charge is -2.24.